The van der Waals surface area contributed by atoms with Crippen LogP contribution in [0.2, 0.25) is 0 Å². The lowest BCUT2D eigenvalue weighted by Crippen LogP contribution is -2.13. The van der Waals surface area contributed by atoms with Gasteiger partial charge in [-0.1, -0.05) is 32.9 Å². The minimum Gasteiger partial charge on any atom is -0.411 e. The minimum atomic E-state index is -0.842. The second-order valence-corrected chi connectivity index (χ2v) is 6.05. The SMILES string of the molecule is CC(C)(C)c1ccc(NCC(O)c2n[nH]c(=S)o2)cc1. The van der Waals surface area contributed by atoms with E-state index in [1.54, 1.807) is 0 Å². The number of hydrogen-bond acceptors (Lipinski definition) is 5. The summed E-state index contributed by atoms with van der Waals surface area (Å²) in [7, 11) is 0. The molecule has 108 valence electrons. The minimum absolute atomic E-state index is 0.131. The number of anilines is 1. The van der Waals surface area contributed by atoms with Crippen LogP contribution in [0.25, 0.3) is 0 Å². The van der Waals surface area contributed by atoms with Gasteiger partial charge in [-0.05, 0) is 35.3 Å². The van der Waals surface area contributed by atoms with Crippen molar-refractivity contribution in [3.05, 3.63) is 40.6 Å². The van der Waals surface area contributed by atoms with Gasteiger partial charge in [0, 0.05) is 12.2 Å². The summed E-state index contributed by atoms with van der Waals surface area (Å²) < 4.78 is 5.06. The lowest BCUT2D eigenvalue weighted by molar-refractivity contribution is 0.155. The summed E-state index contributed by atoms with van der Waals surface area (Å²) in [4.78, 5) is 0.161. The predicted molar refractivity (Wildman–Crippen MR) is 80.3 cm³/mol. The summed E-state index contributed by atoms with van der Waals surface area (Å²) in [6.07, 6.45) is -0.842. The third kappa shape index (κ3) is 3.68. The van der Waals surface area contributed by atoms with Gasteiger partial charge in [0.2, 0.25) is 5.89 Å². The largest absolute Gasteiger partial charge is 0.411 e. The molecule has 2 rings (SSSR count). The summed E-state index contributed by atoms with van der Waals surface area (Å²) >= 11 is 4.76. The van der Waals surface area contributed by atoms with Gasteiger partial charge in [-0.2, -0.15) is 0 Å². The topological polar surface area (TPSA) is 74.1 Å². The first kappa shape index (κ1) is 14.7. The molecule has 3 N–H and O–H groups in total. The standard InChI is InChI=1S/C14H19N3O2S/c1-14(2,3)9-4-6-10(7-5-9)15-8-11(18)12-16-17-13(20)19-12/h4-7,11,15,18H,8H2,1-3H3,(H,17,20). The Labute approximate surface area is 123 Å². The molecule has 0 fully saturated rings. The van der Waals surface area contributed by atoms with Crippen molar-refractivity contribution in [1.82, 2.24) is 10.2 Å². The lowest BCUT2D eigenvalue weighted by Gasteiger charge is -2.19. The molecule has 6 heteroatoms. The van der Waals surface area contributed by atoms with Crippen LogP contribution in [0.4, 0.5) is 5.69 Å². The van der Waals surface area contributed by atoms with Crippen molar-refractivity contribution in [3.63, 3.8) is 0 Å². The van der Waals surface area contributed by atoms with Crippen LogP contribution in [0.15, 0.2) is 28.7 Å². The molecule has 0 amide bonds. The molecule has 1 aromatic heterocycles. The fourth-order valence-corrected chi connectivity index (χ4v) is 1.90. The van der Waals surface area contributed by atoms with E-state index in [2.05, 4.69) is 48.4 Å². The highest BCUT2D eigenvalue weighted by Crippen LogP contribution is 2.23. The zero-order valence-electron chi connectivity index (χ0n) is 11.8. The Kier molecular flexibility index (Phi) is 4.25. The van der Waals surface area contributed by atoms with E-state index in [9.17, 15) is 5.11 Å². The number of hydrogen-bond donors (Lipinski definition) is 3. The first-order valence-electron chi connectivity index (χ1n) is 6.44. The van der Waals surface area contributed by atoms with E-state index in [1.807, 2.05) is 12.1 Å². The summed E-state index contributed by atoms with van der Waals surface area (Å²) in [6, 6.07) is 8.14. The van der Waals surface area contributed by atoms with Crippen molar-refractivity contribution in [2.45, 2.75) is 32.3 Å². The van der Waals surface area contributed by atoms with Crippen LogP contribution in [0, 0.1) is 4.84 Å². The third-order valence-corrected chi connectivity index (χ3v) is 3.16. The molecule has 20 heavy (non-hydrogen) atoms. The fraction of sp³-hybridized carbons (Fsp3) is 0.429. The van der Waals surface area contributed by atoms with E-state index in [4.69, 9.17) is 16.6 Å². The molecule has 0 spiro atoms. The monoisotopic (exact) mass is 293 g/mol. The number of aromatic nitrogens is 2. The summed E-state index contributed by atoms with van der Waals surface area (Å²) in [5.74, 6) is 0.189. The summed E-state index contributed by atoms with van der Waals surface area (Å²) in [6.45, 7) is 6.82. The second-order valence-electron chi connectivity index (χ2n) is 5.68. The van der Waals surface area contributed by atoms with E-state index in [0.717, 1.165) is 5.69 Å². The van der Waals surface area contributed by atoms with E-state index < -0.39 is 6.10 Å². The van der Waals surface area contributed by atoms with E-state index in [-0.39, 0.29) is 16.1 Å². The number of aliphatic hydroxyl groups is 1. The van der Waals surface area contributed by atoms with Gasteiger partial charge in [0.25, 0.3) is 4.84 Å². The second kappa shape index (κ2) is 5.76. The Morgan fingerprint density at radius 2 is 2.00 bits per heavy atom. The Balaban J connectivity index is 1.96. The number of nitrogens with zero attached hydrogens (tertiary/aromatic N) is 1. The number of rotatable bonds is 4. The maximum absolute atomic E-state index is 9.89. The molecule has 2 aromatic rings. The molecule has 1 unspecified atom stereocenters. The van der Waals surface area contributed by atoms with Crippen LogP contribution < -0.4 is 5.32 Å². The van der Waals surface area contributed by atoms with Crippen LogP contribution in [-0.4, -0.2) is 21.8 Å². The van der Waals surface area contributed by atoms with Crippen molar-refractivity contribution in [1.29, 1.82) is 0 Å². The van der Waals surface area contributed by atoms with Crippen molar-refractivity contribution < 1.29 is 9.52 Å². The molecule has 1 aromatic carbocycles. The van der Waals surface area contributed by atoms with Gasteiger partial charge >= 0.3 is 0 Å². The van der Waals surface area contributed by atoms with Crippen LogP contribution in [0.5, 0.6) is 0 Å². The summed E-state index contributed by atoms with van der Waals surface area (Å²) in [5, 5.41) is 19.3. The van der Waals surface area contributed by atoms with Crippen LogP contribution in [-0.2, 0) is 5.41 Å². The highest BCUT2D eigenvalue weighted by atomic mass is 32.1. The molecule has 0 radical (unpaired) electrons. The van der Waals surface area contributed by atoms with Crippen molar-refractivity contribution >= 4 is 17.9 Å². The van der Waals surface area contributed by atoms with Gasteiger partial charge in [-0.25, -0.2) is 5.10 Å². The average Bonchev–Trinajstić information content (AvgIpc) is 2.82. The zero-order valence-corrected chi connectivity index (χ0v) is 12.6. The molecular weight excluding hydrogens is 274 g/mol. The van der Waals surface area contributed by atoms with Crippen LogP contribution in [0.1, 0.15) is 38.3 Å². The predicted octanol–water partition coefficient (Wildman–Crippen LogP) is 3.18. The zero-order chi connectivity index (χ0) is 14.8. The number of H-pyrrole nitrogens is 1. The number of aliphatic hydroxyl groups excluding tert-OH is 1. The third-order valence-electron chi connectivity index (χ3n) is 2.99. The molecule has 0 aliphatic rings. The van der Waals surface area contributed by atoms with Crippen LogP contribution in [0.3, 0.4) is 0 Å². The first-order chi connectivity index (χ1) is 9.36. The van der Waals surface area contributed by atoms with Crippen molar-refractivity contribution in [2.24, 2.45) is 0 Å². The maximum Gasteiger partial charge on any atom is 0.284 e. The fourth-order valence-electron chi connectivity index (χ4n) is 1.77. The van der Waals surface area contributed by atoms with Crippen molar-refractivity contribution in [2.75, 3.05) is 11.9 Å². The van der Waals surface area contributed by atoms with Gasteiger partial charge in [-0.3, -0.25) is 0 Å². The highest BCUT2D eigenvalue weighted by Gasteiger charge is 2.14. The van der Waals surface area contributed by atoms with E-state index in [0.29, 0.717) is 6.54 Å². The quantitative estimate of drug-likeness (QED) is 0.755. The molecule has 5 nitrogen and oxygen atoms in total. The normalized spacial score (nSPS) is 13.2. The molecule has 0 saturated carbocycles. The first-order valence-corrected chi connectivity index (χ1v) is 6.85. The Hall–Kier alpha value is -1.66. The molecule has 0 aliphatic heterocycles. The number of nitrogens with one attached hydrogen (secondary N) is 2. The van der Waals surface area contributed by atoms with Gasteiger partial charge in [0.05, 0.1) is 0 Å². The van der Waals surface area contributed by atoms with Crippen LogP contribution >= 0.6 is 12.2 Å². The van der Waals surface area contributed by atoms with Gasteiger partial charge in [0.15, 0.2) is 0 Å². The van der Waals surface area contributed by atoms with Gasteiger partial charge in [-0.15, -0.1) is 5.10 Å². The molecule has 0 aliphatic carbocycles. The molecule has 0 saturated heterocycles. The summed E-state index contributed by atoms with van der Waals surface area (Å²) in [5.41, 5.74) is 2.33. The molecule has 1 atom stereocenters. The Bertz CT molecular complexity index is 610. The molecular formula is C14H19N3O2S. The van der Waals surface area contributed by atoms with E-state index >= 15 is 0 Å². The molecule has 1 heterocycles. The smallest absolute Gasteiger partial charge is 0.284 e. The molecule has 0 bridgehead atoms. The maximum atomic E-state index is 9.89. The van der Waals surface area contributed by atoms with Crippen molar-refractivity contribution in [3.8, 4) is 0 Å². The Morgan fingerprint density at radius 1 is 1.35 bits per heavy atom. The van der Waals surface area contributed by atoms with Gasteiger partial charge < -0.3 is 14.8 Å². The van der Waals surface area contributed by atoms with E-state index in [1.165, 1.54) is 5.56 Å². The van der Waals surface area contributed by atoms with Gasteiger partial charge in [0.1, 0.15) is 6.10 Å². The average molecular weight is 293 g/mol. The lowest BCUT2D eigenvalue weighted by atomic mass is 9.87. The highest BCUT2D eigenvalue weighted by molar-refractivity contribution is 7.71. The number of benzene rings is 1. The number of aromatic amines is 1. The Morgan fingerprint density at radius 3 is 2.50 bits per heavy atom.